The first-order chi connectivity index (χ1) is 11.4. The van der Waals surface area contributed by atoms with Crippen LogP contribution in [0.3, 0.4) is 0 Å². The van der Waals surface area contributed by atoms with Gasteiger partial charge in [0, 0.05) is 26.1 Å². The molecule has 0 spiro atoms. The average Bonchev–Trinajstić information content (AvgIpc) is 2.55. The van der Waals surface area contributed by atoms with E-state index in [2.05, 4.69) is 12.2 Å². The number of primary amides is 1. The molecule has 0 saturated heterocycles. The van der Waals surface area contributed by atoms with Gasteiger partial charge in [-0.2, -0.15) is 0 Å². The van der Waals surface area contributed by atoms with E-state index in [-0.39, 0.29) is 30.9 Å². The smallest absolute Gasteiger partial charge is 0.312 e. The van der Waals surface area contributed by atoms with E-state index in [0.29, 0.717) is 13.0 Å². The molecule has 0 heterocycles. The number of carbonyl (C=O) groups excluding carboxylic acids is 3. The van der Waals surface area contributed by atoms with E-state index < -0.39 is 6.03 Å². The van der Waals surface area contributed by atoms with Crippen molar-refractivity contribution >= 4 is 17.9 Å². The molecule has 1 saturated carbocycles. The Morgan fingerprint density at radius 2 is 1.79 bits per heavy atom. The summed E-state index contributed by atoms with van der Waals surface area (Å²) in [6.07, 6.45) is 6.85. The first-order valence-corrected chi connectivity index (χ1v) is 8.84. The third-order valence-corrected chi connectivity index (χ3v) is 4.64. The molecule has 1 rings (SSSR count). The van der Waals surface area contributed by atoms with E-state index >= 15 is 0 Å². The van der Waals surface area contributed by atoms with Crippen LogP contribution in [0.15, 0.2) is 0 Å². The van der Waals surface area contributed by atoms with Gasteiger partial charge < -0.3 is 20.7 Å². The minimum Gasteiger partial charge on any atom is -0.456 e. The maximum atomic E-state index is 12.1. The van der Waals surface area contributed by atoms with Crippen molar-refractivity contribution in [1.29, 1.82) is 0 Å². The molecule has 0 bridgehead atoms. The van der Waals surface area contributed by atoms with Gasteiger partial charge in [-0.15, -0.1) is 0 Å². The van der Waals surface area contributed by atoms with Gasteiger partial charge in [-0.3, -0.25) is 9.59 Å². The van der Waals surface area contributed by atoms with Gasteiger partial charge in [-0.05, 0) is 44.4 Å². The molecule has 7 nitrogen and oxygen atoms in total. The van der Waals surface area contributed by atoms with E-state index in [4.69, 9.17) is 10.5 Å². The molecule has 1 aliphatic carbocycles. The van der Waals surface area contributed by atoms with Gasteiger partial charge in [0.25, 0.3) is 5.91 Å². The van der Waals surface area contributed by atoms with Crippen LogP contribution in [0.1, 0.15) is 58.3 Å². The van der Waals surface area contributed by atoms with Gasteiger partial charge in [0.1, 0.15) is 0 Å². The van der Waals surface area contributed by atoms with Crippen LogP contribution < -0.4 is 11.1 Å². The van der Waals surface area contributed by atoms with Gasteiger partial charge in [-0.25, -0.2) is 4.79 Å². The summed E-state index contributed by atoms with van der Waals surface area (Å²) in [4.78, 5) is 36.0. The number of hydrogen-bond acceptors (Lipinski definition) is 4. The monoisotopic (exact) mass is 341 g/mol. The van der Waals surface area contributed by atoms with E-state index in [1.807, 2.05) is 0 Å². The minimum atomic E-state index is -0.538. The number of likely N-dealkylation sites (N-methyl/N-ethyl adjacent to an activating group) is 1. The molecule has 138 valence electrons. The highest BCUT2D eigenvalue weighted by atomic mass is 16.5. The predicted octanol–water partition coefficient (Wildman–Crippen LogP) is 1.80. The number of nitrogens with zero attached hydrogens (tertiary/aromatic N) is 1. The molecule has 1 aliphatic rings. The molecule has 1 fully saturated rings. The van der Waals surface area contributed by atoms with Crippen molar-refractivity contribution in [3.8, 4) is 0 Å². The summed E-state index contributed by atoms with van der Waals surface area (Å²) < 4.78 is 5.06. The van der Waals surface area contributed by atoms with Crippen LogP contribution in [0.25, 0.3) is 0 Å². The molecule has 0 atom stereocenters. The van der Waals surface area contributed by atoms with Gasteiger partial charge in [-0.1, -0.05) is 13.3 Å². The highest BCUT2D eigenvalue weighted by Crippen LogP contribution is 2.26. The fraction of sp³-hybridized carbons (Fsp3) is 0.824. The van der Waals surface area contributed by atoms with E-state index in [1.54, 1.807) is 11.9 Å². The number of carbonyl (C=O) groups is 3. The quantitative estimate of drug-likeness (QED) is 0.493. The highest BCUT2D eigenvalue weighted by Gasteiger charge is 2.25. The minimum absolute atomic E-state index is 0.131. The molecule has 3 amide bonds. The molecule has 0 unspecified atom stereocenters. The summed E-state index contributed by atoms with van der Waals surface area (Å²) >= 11 is 0. The summed E-state index contributed by atoms with van der Waals surface area (Å²) in [5, 5.41) is 2.49. The van der Waals surface area contributed by atoms with Crippen LogP contribution in [0, 0.1) is 5.92 Å². The lowest BCUT2D eigenvalue weighted by atomic mass is 9.87. The Morgan fingerprint density at radius 1 is 1.12 bits per heavy atom. The number of hydrogen-bond donors (Lipinski definition) is 2. The highest BCUT2D eigenvalue weighted by molar-refractivity contribution is 5.80. The summed E-state index contributed by atoms with van der Waals surface area (Å²) in [5.41, 5.74) is 4.95. The number of urea groups is 1. The Bertz CT molecular complexity index is 420. The zero-order chi connectivity index (χ0) is 17.9. The number of amides is 3. The Kier molecular flexibility index (Phi) is 9.19. The molecule has 0 aromatic carbocycles. The first kappa shape index (κ1) is 20.3. The van der Waals surface area contributed by atoms with Crippen molar-refractivity contribution < 1.29 is 19.1 Å². The standard InChI is InChI=1S/C17H31N3O4/c1-13-7-9-14(10-8-13)20(2)15(21)12-24-16(22)6-4-3-5-11-19-17(18)23/h13-14H,3-12H2,1-2H3,(H3,18,19,23). The van der Waals surface area contributed by atoms with Gasteiger partial charge in [0.05, 0.1) is 0 Å². The molecule has 7 heteroatoms. The third-order valence-electron chi connectivity index (χ3n) is 4.64. The van der Waals surface area contributed by atoms with Crippen molar-refractivity contribution in [1.82, 2.24) is 10.2 Å². The Morgan fingerprint density at radius 3 is 2.42 bits per heavy atom. The summed E-state index contributed by atoms with van der Waals surface area (Å²) in [6.45, 7) is 2.57. The lowest BCUT2D eigenvalue weighted by Crippen LogP contribution is -2.41. The maximum Gasteiger partial charge on any atom is 0.312 e. The van der Waals surface area contributed by atoms with Gasteiger partial charge in [0.15, 0.2) is 6.61 Å². The number of rotatable bonds is 9. The van der Waals surface area contributed by atoms with Crippen molar-refractivity contribution in [2.24, 2.45) is 11.7 Å². The second-order valence-corrected chi connectivity index (χ2v) is 6.68. The third kappa shape index (κ3) is 8.17. The molecular weight excluding hydrogens is 310 g/mol. The normalized spacial score (nSPS) is 20.2. The SMILES string of the molecule is CC1CCC(N(C)C(=O)COC(=O)CCCCCNC(N)=O)CC1. The first-order valence-electron chi connectivity index (χ1n) is 8.84. The van der Waals surface area contributed by atoms with E-state index in [1.165, 1.54) is 0 Å². The van der Waals surface area contributed by atoms with Crippen LogP contribution in [0.2, 0.25) is 0 Å². The lowest BCUT2D eigenvalue weighted by molar-refractivity contribution is -0.152. The molecule has 0 aliphatic heterocycles. The predicted molar refractivity (Wildman–Crippen MR) is 91.2 cm³/mol. The maximum absolute atomic E-state index is 12.1. The largest absolute Gasteiger partial charge is 0.456 e. The zero-order valence-corrected chi connectivity index (χ0v) is 14.9. The summed E-state index contributed by atoms with van der Waals surface area (Å²) in [7, 11) is 1.79. The van der Waals surface area contributed by atoms with Gasteiger partial charge >= 0.3 is 12.0 Å². The van der Waals surface area contributed by atoms with Crippen molar-refractivity contribution in [2.75, 3.05) is 20.2 Å². The molecular formula is C17H31N3O4. The van der Waals surface area contributed by atoms with Crippen molar-refractivity contribution in [3.05, 3.63) is 0 Å². The Balaban J connectivity index is 2.10. The molecule has 0 aromatic rings. The van der Waals surface area contributed by atoms with E-state index in [0.717, 1.165) is 44.4 Å². The lowest BCUT2D eigenvalue weighted by Gasteiger charge is -2.33. The van der Waals surface area contributed by atoms with E-state index in [9.17, 15) is 14.4 Å². The zero-order valence-electron chi connectivity index (χ0n) is 14.9. The van der Waals surface area contributed by atoms with Crippen LogP contribution in [0.4, 0.5) is 4.79 Å². The molecule has 0 aromatic heterocycles. The van der Waals surface area contributed by atoms with Gasteiger partial charge in [0.2, 0.25) is 0 Å². The fourth-order valence-electron chi connectivity index (χ4n) is 2.93. The second-order valence-electron chi connectivity index (χ2n) is 6.68. The van der Waals surface area contributed by atoms with Crippen LogP contribution in [-0.4, -0.2) is 49.0 Å². The van der Waals surface area contributed by atoms with Crippen LogP contribution in [0.5, 0.6) is 0 Å². The average molecular weight is 341 g/mol. The topological polar surface area (TPSA) is 102 Å². The van der Waals surface area contributed by atoms with Crippen LogP contribution >= 0.6 is 0 Å². The van der Waals surface area contributed by atoms with Crippen molar-refractivity contribution in [3.63, 3.8) is 0 Å². The molecule has 24 heavy (non-hydrogen) atoms. The molecule has 3 N–H and O–H groups in total. The Labute approximate surface area is 144 Å². The summed E-state index contributed by atoms with van der Waals surface area (Å²) in [5.74, 6) is 0.256. The fourth-order valence-corrected chi connectivity index (χ4v) is 2.93. The van der Waals surface area contributed by atoms with Crippen LogP contribution in [-0.2, 0) is 14.3 Å². The molecule has 0 radical (unpaired) electrons. The number of ether oxygens (including phenoxy) is 1. The second kappa shape index (κ2) is 10.9. The number of nitrogens with one attached hydrogen (secondary N) is 1. The van der Waals surface area contributed by atoms with Crippen molar-refractivity contribution in [2.45, 2.75) is 64.3 Å². The summed E-state index contributed by atoms with van der Waals surface area (Å²) in [6, 6.07) is -0.269. The number of unbranched alkanes of at least 4 members (excludes halogenated alkanes) is 2. The number of nitrogens with two attached hydrogens (primary N) is 1. The Hall–Kier alpha value is -1.79. The number of esters is 1.